The van der Waals surface area contributed by atoms with Gasteiger partial charge in [0.25, 0.3) is 0 Å². The molecule has 0 bridgehead atoms. The minimum absolute atomic E-state index is 0.0734. The van der Waals surface area contributed by atoms with Crippen LogP contribution in [0, 0.1) is 0 Å². The van der Waals surface area contributed by atoms with E-state index in [0.29, 0.717) is 13.1 Å². The van der Waals surface area contributed by atoms with E-state index in [4.69, 9.17) is 0 Å². The van der Waals surface area contributed by atoms with Crippen molar-refractivity contribution in [3.05, 3.63) is 61.2 Å². The number of nitrogens with one attached hydrogen (secondary N) is 1. The van der Waals surface area contributed by atoms with Gasteiger partial charge in [-0.2, -0.15) is 5.10 Å². The van der Waals surface area contributed by atoms with Crippen LogP contribution in [-0.4, -0.2) is 56.9 Å². The van der Waals surface area contributed by atoms with Crippen molar-refractivity contribution in [2.45, 2.75) is 0 Å². The topological polar surface area (TPSA) is 79.2 Å². The molecule has 0 atom stereocenters. The Balaban J connectivity index is 1.38. The number of hydrogen-bond acceptors (Lipinski definition) is 5. The lowest BCUT2D eigenvalue weighted by atomic mass is 10.3. The lowest BCUT2D eigenvalue weighted by Crippen LogP contribution is -2.50. The van der Waals surface area contributed by atoms with Gasteiger partial charge in [0.05, 0.1) is 0 Å². The molecule has 132 valence electrons. The van der Waals surface area contributed by atoms with Crippen LogP contribution in [0.5, 0.6) is 0 Å². The molecule has 3 heterocycles. The highest BCUT2D eigenvalue weighted by Gasteiger charge is 2.22. The molecule has 1 saturated heterocycles. The molecule has 1 aromatic carbocycles. The first-order chi connectivity index (χ1) is 12.8. The second-order valence-electron chi connectivity index (χ2n) is 5.96. The molecular formula is C18H19N7O. The van der Waals surface area contributed by atoms with E-state index in [0.717, 1.165) is 30.4 Å². The molecular weight excluding hydrogens is 330 g/mol. The van der Waals surface area contributed by atoms with E-state index in [2.05, 4.69) is 25.3 Å². The monoisotopic (exact) mass is 349 g/mol. The molecule has 0 saturated carbocycles. The van der Waals surface area contributed by atoms with Crippen molar-refractivity contribution in [3.8, 4) is 5.82 Å². The zero-order valence-corrected chi connectivity index (χ0v) is 14.2. The quantitative estimate of drug-likeness (QED) is 0.782. The number of para-hydroxylation sites is 1. The SMILES string of the molecule is O=C(Nc1ccccc1)N1CCN(c2cc(-n3cccn3)ncn2)CC1. The molecule has 1 fully saturated rings. The largest absolute Gasteiger partial charge is 0.353 e. The van der Waals surface area contributed by atoms with Crippen molar-refractivity contribution >= 4 is 17.5 Å². The third kappa shape index (κ3) is 3.49. The summed E-state index contributed by atoms with van der Waals surface area (Å²) in [5, 5.41) is 7.12. The summed E-state index contributed by atoms with van der Waals surface area (Å²) in [6.07, 6.45) is 5.10. The van der Waals surface area contributed by atoms with E-state index >= 15 is 0 Å². The number of amides is 2. The number of nitrogens with zero attached hydrogens (tertiary/aromatic N) is 6. The fraction of sp³-hybridized carbons (Fsp3) is 0.222. The van der Waals surface area contributed by atoms with Crippen molar-refractivity contribution in [2.75, 3.05) is 36.4 Å². The van der Waals surface area contributed by atoms with Gasteiger partial charge in [-0.15, -0.1) is 0 Å². The summed E-state index contributed by atoms with van der Waals surface area (Å²) in [6, 6.07) is 13.2. The zero-order chi connectivity index (χ0) is 17.8. The second kappa shape index (κ2) is 7.22. The van der Waals surface area contributed by atoms with Crippen LogP contribution in [0.3, 0.4) is 0 Å². The minimum Gasteiger partial charge on any atom is -0.353 e. The Bertz CT molecular complexity index is 858. The fourth-order valence-electron chi connectivity index (χ4n) is 2.90. The van der Waals surface area contributed by atoms with Crippen molar-refractivity contribution in [3.63, 3.8) is 0 Å². The summed E-state index contributed by atoms with van der Waals surface area (Å²) in [4.78, 5) is 25.0. The van der Waals surface area contributed by atoms with Crippen molar-refractivity contribution in [1.29, 1.82) is 0 Å². The number of urea groups is 1. The molecule has 0 radical (unpaired) electrons. The Hall–Kier alpha value is -3.42. The molecule has 2 amide bonds. The van der Waals surface area contributed by atoms with Gasteiger partial charge in [-0.1, -0.05) is 18.2 Å². The predicted octanol–water partition coefficient (Wildman–Crippen LogP) is 2.02. The maximum absolute atomic E-state index is 12.4. The first kappa shape index (κ1) is 16.1. The number of aromatic nitrogens is 4. The van der Waals surface area contributed by atoms with Crippen molar-refractivity contribution in [2.24, 2.45) is 0 Å². The Morgan fingerprint density at radius 2 is 1.73 bits per heavy atom. The zero-order valence-electron chi connectivity index (χ0n) is 14.2. The Morgan fingerprint density at radius 1 is 0.962 bits per heavy atom. The molecule has 8 heteroatoms. The summed E-state index contributed by atoms with van der Waals surface area (Å²) in [5.74, 6) is 1.57. The maximum atomic E-state index is 12.4. The average molecular weight is 349 g/mol. The molecule has 0 unspecified atom stereocenters. The van der Waals surface area contributed by atoms with Gasteiger partial charge in [-0.3, -0.25) is 0 Å². The normalized spacial score (nSPS) is 14.3. The van der Waals surface area contributed by atoms with Crippen LogP contribution < -0.4 is 10.2 Å². The molecule has 26 heavy (non-hydrogen) atoms. The van der Waals surface area contributed by atoms with Crippen LogP contribution >= 0.6 is 0 Å². The number of rotatable bonds is 3. The number of hydrogen-bond donors (Lipinski definition) is 1. The number of piperazine rings is 1. The fourth-order valence-corrected chi connectivity index (χ4v) is 2.90. The molecule has 2 aromatic heterocycles. The van der Waals surface area contributed by atoms with Crippen LogP contribution in [0.2, 0.25) is 0 Å². The summed E-state index contributed by atoms with van der Waals surface area (Å²) in [6.45, 7) is 2.72. The molecule has 0 spiro atoms. The summed E-state index contributed by atoms with van der Waals surface area (Å²) in [5.41, 5.74) is 0.805. The van der Waals surface area contributed by atoms with Crippen molar-refractivity contribution < 1.29 is 4.79 Å². The highest BCUT2D eigenvalue weighted by molar-refractivity contribution is 5.89. The molecule has 0 aliphatic carbocycles. The molecule has 3 aromatic rings. The van der Waals surface area contributed by atoms with E-state index < -0.39 is 0 Å². The van der Waals surface area contributed by atoms with Crippen LogP contribution in [0.4, 0.5) is 16.3 Å². The van der Waals surface area contributed by atoms with E-state index in [9.17, 15) is 4.79 Å². The first-order valence-electron chi connectivity index (χ1n) is 8.47. The van der Waals surface area contributed by atoms with Gasteiger partial charge < -0.3 is 15.1 Å². The van der Waals surface area contributed by atoms with E-state index in [1.54, 1.807) is 17.2 Å². The van der Waals surface area contributed by atoms with Crippen LogP contribution in [0.25, 0.3) is 5.82 Å². The van der Waals surface area contributed by atoms with Gasteiger partial charge in [0.1, 0.15) is 12.1 Å². The van der Waals surface area contributed by atoms with Crippen LogP contribution in [0.1, 0.15) is 0 Å². The van der Waals surface area contributed by atoms with Crippen LogP contribution in [-0.2, 0) is 0 Å². The third-order valence-electron chi connectivity index (χ3n) is 4.29. The standard InChI is InChI=1S/C18H19N7O/c26-18(22-15-5-2-1-3-6-15)24-11-9-23(10-12-24)16-13-17(20-14-19-16)25-8-4-7-21-25/h1-8,13-14H,9-12H2,(H,22,26). The lowest BCUT2D eigenvalue weighted by Gasteiger charge is -2.35. The van der Waals surface area contributed by atoms with Gasteiger partial charge >= 0.3 is 6.03 Å². The van der Waals surface area contributed by atoms with Gasteiger partial charge in [-0.05, 0) is 18.2 Å². The third-order valence-corrected chi connectivity index (χ3v) is 4.29. The van der Waals surface area contributed by atoms with Crippen LogP contribution in [0.15, 0.2) is 61.2 Å². The molecule has 1 N–H and O–H groups in total. The number of anilines is 2. The Labute approximate surface area is 151 Å². The highest BCUT2D eigenvalue weighted by atomic mass is 16.2. The molecule has 1 aliphatic rings. The minimum atomic E-state index is -0.0734. The summed E-state index contributed by atoms with van der Waals surface area (Å²) >= 11 is 0. The van der Waals surface area contributed by atoms with Gasteiger partial charge in [0, 0.05) is 50.3 Å². The Kier molecular flexibility index (Phi) is 4.46. The molecule has 8 nitrogen and oxygen atoms in total. The Morgan fingerprint density at radius 3 is 2.46 bits per heavy atom. The summed E-state index contributed by atoms with van der Waals surface area (Å²) in [7, 11) is 0. The van der Waals surface area contributed by atoms with E-state index in [1.807, 2.05) is 53.6 Å². The number of carbonyl (C=O) groups excluding carboxylic acids is 1. The lowest BCUT2D eigenvalue weighted by molar-refractivity contribution is 0.208. The smallest absolute Gasteiger partial charge is 0.321 e. The summed E-state index contributed by atoms with van der Waals surface area (Å²) < 4.78 is 1.70. The van der Waals surface area contributed by atoms with Gasteiger partial charge in [0.2, 0.25) is 0 Å². The van der Waals surface area contributed by atoms with Gasteiger partial charge in [-0.25, -0.2) is 19.4 Å². The van der Waals surface area contributed by atoms with Gasteiger partial charge in [0.15, 0.2) is 5.82 Å². The van der Waals surface area contributed by atoms with Crippen molar-refractivity contribution in [1.82, 2.24) is 24.6 Å². The highest BCUT2D eigenvalue weighted by Crippen LogP contribution is 2.16. The molecule has 4 rings (SSSR count). The number of carbonyl (C=O) groups is 1. The molecule has 1 aliphatic heterocycles. The average Bonchev–Trinajstić information content (AvgIpc) is 3.24. The van der Waals surface area contributed by atoms with E-state index in [1.165, 1.54) is 0 Å². The van der Waals surface area contributed by atoms with E-state index in [-0.39, 0.29) is 6.03 Å². The first-order valence-corrected chi connectivity index (χ1v) is 8.47. The predicted molar refractivity (Wildman–Crippen MR) is 98.4 cm³/mol. The second-order valence-corrected chi connectivity index (χ2v) is 5.96. The number of benzene rings is 1. The maximum Gasteiger partial charge on any atom is 0.321 e.